The molecule has 0 radical (unpaired) electrons. The van der Waals surface area contributed by atoms with Crippen LogP contribution in [0.3, 0.4) is 0 Å². The molecule has 144 valence electrons. The highest BCUT2D eigenvalue weighted by Gasteiger charge is 2.19. The van der Waals surface area contributed by atoms with Crippen LogP contribution in [-0.2, 0) is 9.59 Å². The lowest BCUT2D eigenvalue weighted by Crippen LogP contribution is -2.35. The van der Waals surface area contributed by atoms with E-state index in [0.717, 1.165) is 5.56 Å². The summed E-state index contributed by atoms with van der Waals surface area (Å²) in [6.45, 7) is 1.86. The molecule has 0 saturated heterocycles. The van der Waals surface area contributed by atoms with E-state index in [4.69, 9.17) is 16.3 Å². The molecule has 0 aliphatic carbocycles. The lowest BCUT2D eigenvalue weighted by atomic mass is 10.0. The number of carbonyl (C=O) groups is 2. The van der Waals surface area contributed by atoms with Gasteiger partial charge >= 0.3 is 0 Å². The van der Waals surface area contributed by atoms with Crippen LogP contribution in [0.5, 0.6) is 5.75 Å². The molecular formula is C20H22ClFN2O3. The van der Waals surface area contributed by atoms with Crippen molar-refractivity contribution < 1.29 is 18.7 Å². The summed E-state index contributed by atoms with van der Waals surface area (Å²) in [4.78, 5) is 25.5. The van der Waals surface area contributed by atoms with Gasteiger partial charge in [-0.3, -0.25) is 9.59 Å². The van der Waals surface area contributed by atoms with Crippen LogP contribution < -0.4 is 10.1 Å². The van der Waals surface area contributed by atoms with Gasteiger partial charge in [0, 0.05) is 19.0 Å². The second-order valence-corrected chi connectivity index (χ2v) is 6.54. The molecule has 27 heavy (non-hydrogen) atoms. The molecule has 0 aromatic heterocycles. The van der Waals surface area contributed by atoms with Gasteiger partial charge in [0.05, 0.1) is 19.0 Å². The number of amides is 2. The van der Waals surface area contributed by atoms with Crippen LogP contribution in [0.1, 0.15) is 24.9 Å². The molecule has 1 atom stereocenters. The number of likely N-dealkylation sites (N-methyl/N-ethyl adjacent to an activating group) is 1. The molecule has 2 aromatic rings. The van der Waals surface area contributed by atoms with Gasteiger partial charge in [0.2, 0.25) is 11.8 Å². The van der Waals surface area contributed by atoms with Crippen molar-refractivity contribution in [3.63, 3.8) is 0 Å². The second-order valence-electron chi connectivity index (χ2n) is 6.10. The minimum absolute atomic E-state index is 0.0947. The maximum atomic E-state index is 13.5. The van der Waals surface area contributed by atoms with Crippen LogP contribution in [0, 0.1) is 5.82 Å². The zero-order valence-corrected chi connectivity index (χ0v) is 16.0. The topological polar surface area (TPSA) is 58.6 Å². The van der Waals surface area contributed by atoms with E-state index in [1.807, 2.05) is 0 Å². The van der Waals surface area contributed by atoms with Crippen LogP contribution in [-0.4, -0.2) is 36.9 Å². The van der Waals surface area contributed by atoms with Gasteiger partial charge in [0.1, 0.15) is 6.61 Å². The molecule has 0 bridgehead atoms. The van der Waals surface area contributed by atoms with Crippen LogP contribution >= 0.6 is 11.6 Å². The van der Waals surface area contributed by atoms with Crippen LogP contribution in [0.15, 0.2) is 48.5 Å². The molecule has 5 nitrogen and oxygen atoms in total. The largest absolute Gasteiger partial charge is 0.489 e. The molecule has 2 amide bonds. The summed E-state index contributed by atoms with van der Waals surface area (Å²) < 4.78 is 18.9. The average molecular weight is 393 g/mol. The fourth-order valence-electron chi connectivity index (χ4n) is 2.50. The molecular weight excluding hydrogens is 371 g/mol. The Morgan fingerprint density at radius 3 is 2.48 bits per heavy atom. The highest BCUT2D eigenvalue weighted by molar-refractivity contribution is 6.30. The van der Waals surface area contributed by atoms with E-state index in [1.54, 1.807) is 43.4 Å². The van der Waals surface area contributed by atoms with Gasteiger partial charge in [-0.1, -0.05) is 35.9 Å². The fourth-order valence-corrected chi connectivity index (χ4v) is 2.63. The Morgan fingerprint density at radius 1 is 1.19 bits per heavy atom. The number of ether oxygens (including phenoxy) is 1. The molecule has 0 aliphatic rings. The van der Waals surface area contributed by atoms with Crippen molar-refractivity contribution in [2.75, 3.05) is 20.2 Å². The summed E-state index contributed by atoms with van der Waals surface area (Å²) in [5.74, 6) is -0.690. The Morgan fingerprint density at radius 2 is 1.85 bits per heavy atom. The third-order valence-electron chi connectivity index (χ3n) is 3.98. The summed E-state index contributed by atoms with van der Waals surface area (Å²) in [5.41, 5.74) is 0.791. The molecule has 0 fully saturated rings. The van der Waals surface area contributed by atoms with Gasteiger partial charge in [-0.25, -0.2) is 4.39 Å². The third kappa shape index (κ3) is 6.57. The van der Waals surface area contributed by atoms with Gasteiger partial charge in [0.25, 0.3) is 0 Å². The van der Waals surface area contributed by atoms with E-state index in [0.29, 0.717) is 11.6 Å². The van der Waals surface area contributed by atoms with E-state index < -0.39 is 11.9 Å². The minimum Gasteiger partial charge on any atom is -0.489 e. The van der Waals surface area contributed by atoms with Crippen LogP contribution in [0.25, 0.3) is 0 Å². The van der Waals surface area contributed by atoms with Gasteiger partial charge in [-0.05, 0) is 29.8 Å². The number of halogens is 2. The number of hydrogen-bond donors (Lipinski definition) is 1. The van der Waals surface area contributed by atoms with E-state index in [1.165, 1.54) is 24.0 Å². The molecule has 0 saturated carbocycles. The average Bonchev–Trinajstić information content (AvgIpc) is 2.63. The summed E-state index contributed by atoms with van der Waals surface area (Å²) in [5, 5.41) is 3.36. The van der Waals surface area contributed by atoms with Gasteiger partial charge in [-0.2, -0.15) is 0 Å². The van der Waals surface area contributed by atoms with Crippen LogP contribution in [0.4, 0.5) is 4.39 Å². The predicted molar refractivity (Wildman–Crippen MR) is 102 cm³/mol. The molecule has 0 heterocycles. The van der Waals surface area contributed by atoms with Crippen molar-refractivity contribution >= 4 is 23.4 Å². The van der Waals surface area contributed by atoms with Crippen molar-refractivity contribution in [1.29, 1.82) is 0 Å². The Hall–Kier alpha value is -2.60. The quantitative estimate of drug-likeness (QED) is 0.747. The van der Waals surface area contributed by atoms with E-state index in [-0.39, 0.29) is 30.6 Å². The summed E-state index contributed by atoms with van der Waals surface area (Å²) >= 11 is 5.89. The second kappa shape index (κ2) is 9.92. The molecule has 7 heteroatoms. The number of benzene rings is 2. The van der Waals surface area contributed by atoms with Gasteiger partial charge in [0.15, 0.2) is 11.6 Å². The SMILES string of the molecule is CC(=O)NC(CC(=O)N(C)CCOc1ccccc1F)c1ccc(Cl)cc1. The van der Waals surface area contributed by atoms with E-state index in [9.17, 15) is 14.0 Å². The highest BCUT2D eigenvalue weighted by Crippen LogP contribution is 2.20. The molecule has 1 unspecified atom stereocenters. The van der Waals surface area contributed by atoms with Crippen molar-refractivity contribution in [2.24, 2.45) is 0 Å². The zero-order chi connectivity index (χ0) is 19.8. The minimum atomic E-state index is -0.456. The molecule has 2 rings (SSSR count). The Kier molecular flexibility index (Phi) is 7.61. The third-order valence-corrected chi connectivity index (χ3v) is 4.23. The number of nitrogens with zero attached hydrogens (tertiary/aromatic N) is 1. The number of rotatable bonds is 8. The first-order valence-corrected chi connectivity index (χ1v) is 8.88. The fraction of sp³-hybridized carbons (Fsp3) is 0.300. The smallest absolute Gasteiger partial charge is 0.224 e. The Balaban J connectivity index is 1.92. The first-order chi connectivity index (χ1) is 12.9. The van der Waals surface area contributed by atoms with Gasteiger partial charge in [-0.15, -0.1) is 0 Å². The highest BCUT2D eigenvalue weighted by atomic mass is 35.5. The molecule has 0 spiro atoms. The Bertz CT molecular complexity index is 783. The monoisotopic (exact) mass is 392 g/mol. The molecule has 1 N–H and O–H groups in total. The van der Waals surface area contributed by atoms with Crippen molar-refractivity contribution in [2.45, 2.75) is 19.4 Å². The predicted octanol–water partition coefficient (Wildman–Crippen LogP) is 3.58. The first kappa shape index (κ1) is 20.7. The molecule has 2 aromatic carbocycles. The van der Waals surface area contributed by atoms with E-state index in [2.05, 4.69) is 5.32 Å². The molecule has 0 aliphatic heterocycles. The maximum absolute atomic E-state index is 13.5. The van der Waals surface area contributed by atoms with E-state index >= 15 is 0 Å². The first-order valence-electron chi connectivity index (χ1n) is 8.50. The summed E-state index contributed by atoms with van der Waals surface area (Å²) in [6.07, 6.45) is 0.0947. The number of hydrogen-bond acceptors (Lipinski definition) is 3. The lowest BCUT2D eigenvalue weighted by Gasteiger charge is -2.23. The van der Waals surface area contributed by atoms with Crippen molar-refractivity contribution in [3.8, 4) is 5.75 Å². The zero-order valence-electron chi connectivity index (χ0n) is 15.2. The van der Waals surface area contributed by atoms with Crippen molar-refractivity contribution in [3.05, 3.63) is 64.9 Å². The number of para-hydroxylation sites is 1. The summed E-state index contributed by atoms with van der Waals surface area (Å²) in [7, 11) is 1.64. The maximum Gasteiger partial charge on any atom is 0.224 e. The normalized spacial score (nSPS) is 11.6. The van der Waals surface area contributed by atoms with Crippen molar-refractivity contribution in [1.82, 2.24) is 10.2 Å². The lowest BCUT2D eigenvalue weighted by molar-refractivity contribution is -0.131. The Labute approximate surface area is 163 Å². The summed E-state index contributed by atoms with van der Waals surface area (Å²) in [6, 6.07) is 12.6. The number of carbonyl (C=O) groups excluding carboxylic acids is 2. The standard InChI is InChI=1S/C20H22ClFN2O3/c1-14(25)23-18(15-7-9-16(21)10-8-15)13-20(26)24(2)11-12-27-19-6-4-3-5-17(19)22/h3-10,18H,11-13H2,1-2H3,(H,23,25). The van der Waals surface area contributed by atoms with Gasteiger partial charge < -0.3 is 15.0 Å². The number of nitrogens with one attached hydrogen (secondary N) is 1. The van der Waals surface area contributed by atoms with Crippen LogP contribution in [0.2, 0.25) is 5.02 Å².